The Morgan fingerprint density at radius 1 is 1.00 bits per heavy atom. The molecule has 0 aromatic heterocycles. The van der Waals surface area contributed by atoms with Crippen LogP contribution in [-0.4, -0.2) is 50.9 Å². The highest BCUT2D eigenvalue weighted by molar-refractivity contribution is 7.99. The number of fused-ring (bicyclic) bond motifs is 2. The Balaban J connectivity index is 1.30. The van der Waals surface area contributed by atoms with Crippen LogP contribution in [0, 0.1) is 0 Å². The lowest BCUT2D eigenvalue weighted by molar-refractivity contribution is 0.252. The second-order valence-electron chi connectivity index (χ2n) is 7.70. The Morgan fingerprint density at radius 2 is 1.64 bits per heavy atom. The summed E-state index contributed by atoms with van der Waals surface area (Å²) in [5, 5.41) is 6.89. The van der Waals surface area contributed by atoms with Crippen molar-refractivity contribution in [3.05, 3.63) is 72.8 Å². The Bertz CT molecular complexity index is 1070. The summed E-state index contributed by atoms with van der Waals surface area (Å²) in [5.74, 6) is 0.765. The number of hydrogen-bond acceptors (Lipinski definition) is 6. The molecule has 0 fully saturated rings. The molecule has 0 saturated carbocycles. The minimum absolute atomic E-state index is 0.400. The molecule has 4 rings (SSSR count). The molecule has 0 atom stereocenters. The summed E-state index contributed by atoms with van der Waals surface area (Å²) >= 11 is 1.76. The molecule has 2 amide bonds. The van der Waals surface area contributed by atoms with Crippen LogP contribution < -0.4 is 20.4 Å². The summed E-state index contributed by atoms with van der Waals surface area (Å²) in [6.07, 6.45) is 1.70. The van der Waals surface area contributed by atoms with Crippen molar-refractivity contribution in [3.63, 3.8) is 0 Å². The molecule has 0 saturated heterocycles. The first-order chi connectivity index (χ1) is 16.1. The average Bonchev–Trinajstić information content (AvgIpc) is 2.82. The maximum Gasteiger partial charge on any atom is 0.339 e. The highest BCUT2D eigenvalue weighted by atomic mass is 32.2. The Hall–Kier alpha value is -3.49. The summed E-state index contributed by atoms with van der Waals surface area (Å²) in [7, 11) is 4.00. The van der Waals surface area contributed by atoms with Gasteiger partial charge in [-0.3, -0.25) is 0 Å². The van der Waals surface area contributed by atoms with Gasteiger partial charge in [0.05, 0.1) is 17.9 Å². The first-order valence-electron chi connectivity index (χ1n) is 10.7. The highest BCUT2D eigenvalue weighted by Crippen LogP contribution is 2.47. The summed E-state index contributed by atoms with van der Waals surface area (Å²) in [5.41, 5.74) is 5.46. The summed E-state index contributed by atoms with van der Waals surface area (Å²) in [6.45, 7) is 1.99. The number of ether oxygens (including phenoxy) is 1. The van der Waals surface area contributed by atoms with Crippen LogP contribution in [0.5, 0.6) is 5.75 Å². The fourth-order valence-electron chi connectivity index (χ4n) is 3.34. The van der Waals surface area contributed by atoms with Crippen molar-refractivity contribution in [1.82, 2.24) is 10.3 Å². The van der Waals surface area contributed by atoms with E-state index in [-0.39, 0.29) is 0 Å². The minimum atomic E-state index is -0.400. The second-order valence-corrected chi connectivity index (χ2v) is 8.79. The number of benzene rings is 3. The molecule has 0 spiro atoms. The minimum Gasteiger partial charge on any atom is -0.492 e. The van der Waals surface area contributed by atoms with Crippen molar-refractivity contribution >= 4 is 41.1 Å². The van der Waals surface area contributed by atoms with Crippen LogP contribution in [0.1, 0.15) is 0 Å². The molecule has 3 aromatic rings. The van der Waals surface area contributed by atoms with Gasteiger partial charge in [0.2, 0.25) is 0 Å². The molecule has 0 aliphatic carbocycles. The third-order valence-electron chi connectivity index (χ3n) is 4.97. The Kier molecular flexibility index (Phi) is 7.49. The van der Waals surface area contributed by atoms with E-state index in [9.17, 15) is 4.79 Å². The number of carbonyl (C=O) groups excluding carboxylic acids is 1. The van der Waals surface area contributed by atoms with Crippen molar-refractivity contribution in [2.45, 2.75) is 9.79 Å². The maximum absolute atomic E-state index is 12.2. The van der Waals surface area contributed by atoms with E-state index in [1.54, 1.807) is 30.1 Å². The van der Waals surface area contributed by atoms with Crippen LogP contribution in [-0.2, 0) is 0 Å². The number of anilines is 3. The zero-order chi connectivity index (χ0) is 23.0. The van der Waals surface area contributed by atoms with Gasteiger partial charge in [0.1, 0.15) is 12.4 Å². The van der Waals surface area contributed by atoms with Gasteiger partial charge in [-0.1, -0.05) is 36.0 Å². The monoisotopic (exact) mass is 461 g/mol. The Morgan fingerprint density at radius 3 is 2.27 bits per heavy atom. The molecular weight excluding hydrogens is 434 g/mol. The number of hydrogen-bond donors (Lipinski definition) is 2. The molecular formula is C25H27N5O2S. The number of rotatable bonds is 8. The number of nitrogens with zero attached hydrogens (tertiary/aromatic N) is 3. The standard InChI is InChI=1S/C25H27N5O2S/c1-29(2)17-18-32-20-13-11-19(12-14-20)27-25(31)28-26-15-16-30-21-7-3-5-9-23(21)33-24-10-6-4-8-22(24)30/h3-15H,16-18H2,1-2H3,(H2,27,28,31)/b26-15+. The van der Waals surface area contributed by atoms with E-state index in [4.69, 9.17) is 4.74 Å². The molecule has 33 heavy (non-hydrogen) atoms. The number of carbonyl (C=O) groups is 1. The molecule has 0 radical (unpaired) electrons. The molecule has 2 N–H and O–H groups in total. The molecule has 0 bridgehead atoms. The zero-order valence-electron chi connectivity index (χ0n) is 18.7. The van der Waals surface area contributed by atoms with Crippen molar-refractivity contribution in [2.24, 2.45) is 5.10 Å². The topological polar surface area (TPSA) is 69.2 Å². The van der Waals surface area contributed by atoms with Crippen LogP contribution >= 0.6 is 11.8 Å². The van der Waals surface area contributed by atoms with Crippen molar-refractivity contribution in [1.29, 1.82) is 0 Å². The number of urea groups is 1. The smallest absolute Gasteiger partial charge is 0.339 e. The summed E-state index contributed by atoms with van der Waals surface area (Å²) in [4.78, 5) is 18.9. The molecule has 170 valence electrons. The molecule has 8 heteroatoms. The second kappa shape index (κ2) is 10.9. The predicted molar refractivity (Wildman–Crippen MR) is 135 cm³/mol. The molecule has 1 heterocycles. The van der Waals surface area contributed by atoms with Crippen LogP contribution in [0.4, 0.5) is 21.9 Å². The molecule has 0 unspecified atom stereocenters. The van der Waals surface area contributed by atoms with Crippen molar-refractivity contribution in [2.75, 3.05) is 44.0 Å². The van der Waals surface area contributed by atoms with Gasteiger partial charge in [0.25, 0.3) is 0 Å². The third kappa shape index (κ3) is 6.06. The van der Waals surface area contributed by atoms with E-state index in [1.807, 2.05) is 50.5 Å². The number of amides is 2. The van der Waals surface area contributed by atoms with E-state index in [0.717, 1.165) is 23.7 Å². The predicted octanol–water partition coefficient (Wildman–Crippen LogP) is 5.04. The third-order valence-corrected chi connectivity index (χ3v) is 6.10. The number of para-hydroxylation sites is 2. The first-order valence-corrected chi connectivity index (χ1v) is 11.5. The highest BCUT2D eigenvalue weighted by Gasteiger charge is 2.21. The van der Waals surface area contributed by atoms with E-state index >= 15 is 0 Å². The lowest BCUT2D eigenvalue weighted by atomic mass is 10.2. The fraction of sp³-hybridized carbons (Fsp3) is 0.200. The van der Waals surface area contributed by atoms with Crippen molar-refractivity contribution < 1.29 is 9.53 Å². The van der Waals surface area contributed by atoms with Gasteiger partial charge in [0, 0.05) is 28.2 Å². The lowest BCUT2D eigenvalue weighted by Crippen LogP contribution is -2.26. The number of nitrogens with one attached hydrogen (secondary N) is 2. The van der Waals surface area contributed by atoms with Gasteiger partial charge in [-0.15, -0.1) is 0 Å². The van der Waals surface area contributed by atoms with Crippen LogP contribution in [0.3, 0.4) is 0 Å². The fourth-order valence-corrected chi connectivity index (χ4v) is 4.44. The SMILES string of the molecule is CN(C)CCOc1ccc(NC(=O)N/N=C/CN2c3ccccc3Sc3ccccc32)cc1. The number of likely N-dealkylation sites (N-methyl/N-ethyl adjacent to an activating group) is 1. The van der Waals surface area contributed by atoms with Crippen LogP contribution in [0.25, 0.3) is 0 Å². The van der Waals surface area contributed by atoms with Crippen molar-refractivity contribution in [3.8, 4) is 5.75 Å². The van der Waals surface area contributed by atoms with Gasteiger partial charge in [-0.25, -0.2) is 10.2 Å². The van der Waals surface area contributed by atoms with Gasteiger partial charge in [-0.2, -0.15) is 5.10 Å². The quantitative estimate of drug-likeness (QED) is 0.363. The lowest BCUT2D eigenvalue weighted by Gasteiger charge is -2.31. The van der Waals surface area contributed by atoms with Crippen LogP contribution in [0.2, 0.25) is 0 Å². The van der Waals surface area contributed by atoms with Gasteiger partial charge >= 0.3 is 6.03 Å². The first kappa shape index (κ1) is 22.7. The zero-order valence-corrected chi connectivity index (χ0v) is 19.5. The van der Waals surface area contributed by atoms with E-state index in [1.165, 1.54) is 9.79 Å². The largest absolute Gasteiger partial charge is 0.492 e. The molecule has 7 nitrogen and oxygen atoms in total. The molecule has 3 aromatic carbocycles. The summed E-state index contributed by atoms with van der Waals surface area (Å²) < 4.78 is 5.66. The normalized spacial score (nSPS) is 12.4. The molecule has 1 aliphatic heterocycles. The average molecular weight is 462 g/mol. The summed E-state index contributed by atoms with van der Waals surface area (Å²) in [6, 6.07) is 23.4. The van der Waals surface area contributed by atoms with Gasteiger partial charge in [-0.05, 0) is 62.6 Å². The van der Waals surface area contributed by atoms with E-state index in [2.05, 4.69) is 49.9 Å². The Labute approximate surface area is 198 Å². The van der Waals surface area contributed by atoms with Crippen LogP contribution in [0.15, 0.2) is 87.7 Å². The van der Waals surface area contributed by atoms with Gasteiger partial charge < -0.3 is 19.9 Å². The van der Waals surface area contributed by atoms with Gasteiger partial charge in [0.15, 0.2) is 0 Å². The van der Waals surface area contributed by atoms with E-state index in [0.29, 0.717) is 18.8 Å². The van der Waals surface area contributed by atoms with E-state index < -0.39 is 6.03 Å². The maximum atomic E-state index is 12.2. The number of hydrazone groups is 1. The molecule has 1 aliphatic rings.